The van der Waals surface area contributed by atoms with Crippen molar-refractivity contribution in [2.75, 3.05) is 13.1 Å². The summed E-state index contributed by atoms with van der Waals surface area (Å²) >= 11 is 1.78. The molecule has 1 saturated carbocycles. The van der Waals surface area contributed by atoms with Crippen LogP contribution in [0.4, 0.5) is 0 Å². The minimum Gasteiger partial charge on any atom is -0.330 e. The van der Waals surface area contributed by atoms with E-state index >= 15 is 0 Å². The number of nitrogens with zero attached hydrogens (tertiary/aromatic N) is 2. The lowest BCUT2D eigenvalue weighted by atomic mass is 9.90. The molecule has 4 nitrogen and oxygen atoms in total. The summed E-state index contributed by atoms with van der Waals surface area (Å²) < 4.78 is 0. The van der Waals surface area contributed by atoms with E-state index in [-0.39, 0.29) is 36.4 Å². The number of rotatable bonds is 6. The standard InChI is InChI=1S/C24H30N2O2S/c1-4-17(3)26(24(28)18-9-10-18)15-22(27)25-13-11-21-20(12-14-29-21)23(25)19-8-6-5-7-16(19)2/h5-8,12,14,17-18,23H,4,9-11,13,15H2,1-3H3. The van der Waals surface area contributed by atoms with Gasteiger partial charge in [0.05, 0.1) is 6.04 Å². The van der Waals surface area contributed by atoms with E-state index in [9.17, 15) is 9.59 Å². The molecule has 0 bridgehead atoms. The second-order valence-electron chi connectivity index (χ2n) is 8.39. The van der Waals surface area contributed by atoms with Crippen LogP contribution in [0.5, 0.6) is 0 Å². The topological polar surface area (TPSA) is 40.6 Å². The van der Waals surface area contributed by atoms with Gasteiger partial charge in [0.25, 0.3) is 0 Å². The van der Waals surface area contributed by atoms with Crippen molar-refractivity contribution in [1.29, 1.82) is 0 Å². The molecule has 4 rings (SSSR count). The smallest absolute Gasteiger partial charge is 0.243 e. The molecule has 154 valence electrons. The molecule has 29 heavy (non-hydrogen) atoms. The zero-order chi connectivity index (χ0) is 20.5. The number of hydrogen-bond donors (Lipinski definition) is 0. The first-order valence-electron chi connectivity index (χ1n) is 10.7. The van der Waals surface area contributed by atoms with E-state index in [1.165, 1.54) is 21.6 Å². The molecule has 1 aliphatic heterocycles. The monoisotopic (exact) mass is 410 g/mol. The van der Waals surface area contributed by atoms with Crippen LogP contribution in [0.15, 0.2) is 35.7 Å². The highest BCUT2D eigenvalue weighted by molar-refractivity contribution is 7.10. The summed E-state index contributed by atoms with van der Waals surface area (Å²) in [6, 6.07) is 10.5. The molecule has 2 aliphatic rings. The van der Waals surface area contributed by atoms with Crippen LogP contribution in [0, 0.1) is 12.8 Å². The van der Waals surface area contributed by atoms with Gasteiger partial charge in [0, 0.05) is 23.4 Å². The molecule has 1 fully saturated rings. The first-order valence-corrected chi connectivity index (χ1v) is 11.6. The summed E-state index contributed by atoms with van der Waals surface area (Å²) in [5.74, 6) is 0.353. The molecule has 1 aromatic carbocycles. The quantitative estimate of drug-likeness (QED) is 0.700. The molecule has 2 unspecified atom stereocenters. The Bertz CT molecular complexity index is 902. The fourth-order valence-corrected chi connectivity index (χ4v) is 5.19. The van der Waals surface area contributed by atoms with Crippen LogP contribution in [0.3, 0.4) is 0 Å². The number of carbonyl (C=O) groups excluding carboxylic acids is 2. The van der Waals surface area contributed by atoms with E-state index in [4.69, 9.17) is 0 Å². The van der Waals surface area contributed by atoms with Gasteiger partial charge in [-0.15, -0.1) is 11.3 Å². The molecule has 0 saturated heterocycles. The Hall–Kier alpha value is -2.14. The Morgan fingerprint density at radius 2 is 1.97 bits per heavy atom. The van der Waals surface area contributed by atoms with Gasteiger partial charge >= 0.3 is 0 Å². The number of benzene rings is 1. The van der Waals surface area contributed by atoms with Crippen LogP contribution < -0.4 is 0 Å². The highest BCUT2D eigenvalue weighted by Crippen LogP contribution is 2.39. The van der Waals surface area contributed by atoms with Crippen molar-refractivity contribution in [1.82, 2.24) is 9.80 Å². The average molecular weight is 411 g/mol. The lowest BCUT2D eigenvalue weighted by molar-refractivity contribution is -0.144. The van der Waals surface area contributed by atoms with Gasteiger partial charge in [-0.05, 0) is 67.7 Å². The Balaban J connectivity index is 1.64. The van der Waals surface area contributed by atoms with Crippen LogP contribution in [0.1, 0.15) is 60.7 Å². The average Bonchev–Trinajstić information content (AvgIpc) is 3.47. The maximum atomic E-state index is 13.5. The molecule has 1 aliphatic carbocycles. The summed E-state index contributed by atoms with van der Waals surface area (Å²) in [6.07, 6.45) is 3.68. The van der Waals surface area contributed by atoms with Crippen LogP contribution in [-0.2, 0) is 16.0 Å². The van der Waals surface area contributed by atoms with Gasteiger partial charge in [-0.1, -0.05) is 31.2 Å². The highest BCUT2D eigenvalue weighted by atomic mass is 32.1. The molecular formula is C24H30N2O2S. The molecule has 0 spiro atoms. The Morgan fingerprint density at radius 3 is 2.66 bits per heavy atom. The SMILES string of the molecule is CCC(C)N(CC(=O)N1CCc2sccc2C1c1ccccc1C)C(=O)C1CC1. The van der Waals surface area contributed by atoms with Gasteiger partial charge in [0.2, 0.25) is 11.8 Å². The minimum atomic E-state index is -0.0616. The number of aryl methyl sites for hydroxylation is 1. The number of fused-ring (bicyclic) bond motifs is 1. The number of hydrogen-bond acceptors (Lipinski definition) is 3. The molecule has 2 heterocycles. The van der Waals surface area contributed by atoms with Gasteiger partial charge in [-0.3, -0.25) is 9.59 Å². The van der Waals surface area contributed by atoms with Crippen molar-refractivity contribution >= 4 is 23.2 Å². The van der Waals surface area contributed by atoms with E-state index in [1.54, 1.807) is 11.3 Å². The lowest BCUT2D eigenvalue weighted by Crippen LogP contribution is -2.49. The third-order valence-electron chi connectivity index (χ3n) is 6.41. The first-order chi connectivity index (χ1) is 14.0. The van der Waals surface area contributed by atoms with Crippen molar-refractivity contribution in [2.45, 2.75) is 58.5 Å². The van der Waals surface area contributed by atoms with Crippen molar-refractivity contribution in [3.05, 3.63) is 57.3 Å². The zero-order valence-electron chi connectivity index (χ0n) is 17.6. The Kier molecular flexibility index (Phi) is 5.77. The van der Waals surface area contributed by atoms with Gasteiger partial charge in [0.1, 0.15) is 6.54 Å². The summed E-state index contributed by atoms with van der Waals surface area (Å²) in [5, 5.41) is 2.13. The largest absolute Gasteiger partial charge is 0.330 e. The normalized spacial score (nSPS) is 19.6. The van der Waals surface area contributed by atoms with Crippen LogP contribution in [0.25, 0.3) is 0 Å². The summed E-state index contributed by atoms with van der Waals surface area (Å²) in [7, 11) is 0. The molecule has 2 aromatic rings. The summed E-state index contributed by atoms with van der Waals surface area (Å²) in [4.78, 5) is 31.6. The van der Waals surface area contributed by atoms with E-state index < -0.39 is 0 Å². The fraction of sp³-hybridized carbons (Fsp3) is 0.500. The second kappa shape index (κ2) is 8.31. The summed E-state index contributed by atoms with van der Waals surface area (Å²) in [5.41, 5.74) is 3.62. The van der Waals surface area contributed by atoms with E-state index in [2.05, 4.69) is 44.4 Å². The number of carbonyl (C=O) groups is 2. The fourth-order valence-electron chi connectivity index (χ4n) is 4.29. The molecule has 1 aromatic heterocycles. The van der Waals surface area contributed by atoms with Gasteiger partial charge in [0.15, 0.2) is 0 Å². The van der Waals surface area contributed by atoms with Gasteiger partial charge < -0.3 is 9.80 Å². The lowest BCUT2D eigenvalue weighted by Gasteiger charge is -2.39. The van der Waals surface area contributed by atoms with Crippen LogP contribution >= 0.6 is 11.3 Å². The third kappa shape index (κ3) is 3.97. The second-order valence-corrected chi connectivity index (χ2v) is 9.39. The van der Waals surface area contributed by atoms with E-state index in [0.29, 0.717) is 6.54 Å². The van der Waals surface area contributed by atoms with Crippen molar-refractivity contribution < 1.29 is 9.59 Å². The predicted octanol–water partition coefficient (Wildman–Crippen LogP) is 4.57. The maximum absolute atomic E-state index is 13.5. The van der Waals surface area contributed by atoms with Crippen molar-refractivity contribution in [2.24, 2.45) is 5.92 Å². The number of amides is 2. The maximum Gasteiger partial charge on any atom is 0.243 e. The molecular weight excluding hydrogens is 380 g/mol. The zero-order valence-corrected chi connectivity index (χ0v) is 18.4. The van der Waals surface area contributed by atoms with Gasteiger partial charge in [-0.25, -0.2) is 0 Å². The highest BCUT2D eigenvalue weighted by Gasteiger charge is 2.38. The first kappa shape index (κ1) is 20.1. The Labute approximate surface area is 177 Å². The summed E-state index contributed by atoms with van der Waals surface area (Å²) in [6.45, 7) is 7.14. The van der Waals surface area contributed by atoms with Crippen molar-refractivity contribution in [3.8, 4) is 0 Å². The van der Waals surface area contributed by atoms with Gasteiger partial charge in [-0.2, -0.15) is 0 Å². The van der Waals surface area contributed by atoms with Crippen LogP contribution in [0.2, 0.25) is 0 Å². The molecule has 0 N–H and O–H groups in total. The number of thiophene rings is 1. The predicted molar refractivity (Wildman–Crippen MR) is 117 cm³/mol. The Morgan fingerprint density at radius 1 is 1.21 bits per heavy atom. The van der Waals surface area contributed by atoms with E-state index in [1.807, 2.05) is 21.9 Å². The van der Waals surface area contributed by atoms with E-state index in [0.717, 1.165) is 25.7 Å². The molecule has 0 radical (unpaired) electrons. The minimum absolute atomic E-state index is 0.0596. The molecule has 2 amide bonds. The molecule has 5 heteroatoms. The molecule has 2 atom stereocenters. The third-order valence-corrected chi connectivity index (χ3v) is 7.40. The van der Waals surface area contributed by atoms with Crippen molar-refractivity contribution in [3.63, 3.8) is 0 Å². The van der Waals surface area contributed by atoms with Crippen LogP contribution in [-0.4, -0.2) is 40.7 Å².